The molecule has 1 aliphatic carbocycles. The van der Waals surface area contributed by atoms with Crippen LogP contribution in [0.5, 0.6) is 5.75 Å². The fraction of sp³-hybridized carbons (Fsp3) is 0.533. The Morgan fingerprint density at radius 2 is 2.14 bits per heavy atom. The van der Waals surface area contributed by atoms with Gasteiger partial charge in [-0.1, -0.05) is 0 Å². The molecule has 0 radical (unpaired) electrons. The lowest BCUT2D eigenvalue weighted by atomic mass is 10.1. The van der Waals surface area contributed by atoms with Crippen LogP contribution >= 0.6 is 0 Å². The molecule has 1 amide bonds. The van der Waals surface area contributed by atoms with E-state index in [4.69, 9.17) is 10.5 Å². The fourth-order valence-corrected chi connectivity index (χ4v) is 2.40. The van der Waals surface area contributed by atoms with E-state index in [1.807, 2.05) is 0 Å². The summed E-state index contributed by atoms with van der Waals surface area (Å²) in [6.07, 6.45) is 1.56. The molecule has 4 N–H and O–H groups in total. The maximum atomic E-state index is 12.7. The highest BCUT2D eigenvalue weighted by molar-refractivity contribution is 5.79. The first-order chi connectivity index (χ1) is 10.0. The Hall–Kier alpha value is -1.66. The summed E-state index contributed by atoms with van der Waals surface area (Å²) in [6, 6.07) is 5.65. The van der Waals surface area contributed by atoms with Gasteiger partial charge in [0.2, 0.25) is 5.91 Å². The van der Waals surface area contributed by atoms with E-state index in [-0.39, 0.29) is 36.8 Å². The number of halogens is 1. The first kappa shape index (κ1) is 15.7. The lowest BCUT2D eigenvalue weighted by Gasteiger charge is -2.15. The molecule has 3 unspecified atom stereocenters. The van der Waals surface area contributed by atoms with Crippen LogP contribution in [0, 0.1) is 11.7 Å². The van der Waals surface area contributed by atoms with Crippen LogP contribution < -0.4 is 15.8 Å². The summed E-state index contributed by atoms with van der Waals surface area (Å²) in [5, 5.41) is 12.5. The van der Waals surface area contributed by atoms with Gasteiger partial charge in [0.1, 0.15) is 24.3 Å². The fourth-order valence-electron chi connectivity index (χ4n) is 2.40. The van der Waals surface area contributed by atoms with Gasteiger partial charge in [0.05, 0.1) is 0 Å². The number of rotatable bonds is 6. The lowest BCUT2D eigenvalue weighted by molar-refractivity contribution is -0.125. The number of aliphatic hydroxyl groups is 1. The number of carbonyl (C=O) groups excluding carboxylic acids is 1. The SMILES string of the molecule is NC1CCC(C(=O)NCC(O)COc2ccc(F)cc2)C1. The molecule has 1 aromatic rings. The minimum absolute atomic E-state index is 0.0378. The van der Waals surface area contributed by atoms with Crippen molar-refractivity contribution < 1.29 is 19.0 Å². The second-order valence-electron chi connectivity index (χ2n) is 5.43. The Bertz CT molecular complexity index is 466. The molecule has 1 fully saturated rings. The lowest BCUT2D eigenvalue weighted by Crippen LogP contribution is -2.38. The van der Waals surface area contributed by atoms with Gasteiger partial charge in [0.15, 0.2) is 0 Å². The van der Waals surface area contributed by atoms with Gasteiger partial charge in [-0.05, 0) is 43.5 Å². The Kier molecular flexibility index (Phi) is 5.52. The molecule has 0 aliphatic heterocycles. The van der Waals surface area contributed by atoms with E-state index in [9.17, 15) is 14.3 Å². The van der Waals surface area contributed by atoms with Gasteiger partial charge in [-0.3, -0.25) is 4.79 Å². The van der Waals surface area contributed by atoms with E-state index in [0.717, 1.165) is 12.8 Å². The zero-order valence-electron chi connectivity index (χ0n) is 11.8. The molecule has 21 heavy (non-hydrogen) atoms. The van der Waals surface area contributed by atoms with Crippen LogP contribution in [0.25, 0.3) is 0 Å². The minimum Gasteiger partial charge on any atom is -0.491 e. The zero-order valence-corrected chi connectivity index (χ0v) is 11.8. The number of nitrogens with one attached hydrogen (secondary N) is 1. The van der Waals surface area contributed by atoms with E-state index in [1.165, 1.54) is 24.3 Å². The minimum atomic E-state index is -0.811. The number of carbonyl (C=O) groups is 1. The number of hydrogen-bond donors (Lipinski definition) is 3. The van der Waals surface area contributed by atoms with Crippen LogP contribution in [0.1, 0.15) is 19.3 Å². The van der Waals surface area contributed by atoms with E-state index >= 15 is 0 Å². The quantitative estimate of drug-likeness (QED) is 0.725. The smallest absolute Gasteiger partial charge is 0.223 e. The number of ether oxygens (including phenoxy) is 1. The van der Waals surface area contributed by atoms with Crippen molar-refractivity contribution in [3.05, 3.63) is 30.1 Å². The van der Waals surface area contributed by atoms with Gasteiger partial charge >= 0.3 is 0 Å². The first-order valence-corrected chi connectivity index (χ1v) is 7.14. The van der Waals surface area contributed by atoms with Crippen LogP contribution in [0.3, 0.4) is 0 Å². The van der Waals surface area contributed by atoms with Crippen LogP contribution in [0.4, 0.5) is 4.39 Å². The number of hydrogen-bond acceptors (Lipinski definition) is 4. The van der Waals surface area contributed by atoms with Crippen LogP contribution in [-0.2, 0) is 4.79 Å². The number of amides is 1. The van der Waals surface area contributed by atoms with Crippen LogP contribution in [0.15, 0.2) is 24.3 Å². The van der Waals surface area contributed by atoms with Crippen molar-refractivity contribution in [2.24, 2.45) is 11.7 Å². The van der Waals surface area contributed by atoms with Crippen molar-refractivity contribution in [2.75, 3.05) is 13.2 Å². The summed E-state index contributed by atoms with van der Waals surface area (Å²) in [5.41, 5.74) is 5.77. The molecule has 0 bridgehead atoms. The molecule has 116 valence electrons. The van der Waals surface area contributed by atoms with Crippen molar-refractivity contribution in [2.45, 2.75) is 31.4 Å². The van der Waals surface area contributed by atoms with Crippen molar-refractivity contribution in [1.82, 2.24) is 5.32 Å². The molecular weight excluding hydrogens is 275 g/mol. The Labute approximate surface area is 123 Å². The van der Waals surface area contributed by atoms with Crippen molar-refractivity contribution in [3.8, 4) is 5.75 Å². The monoisotopic (exact) mass is 296 g/mol. The molecule has 0 spiro atoms. The second-order valence-corrected chi connectivity index (χ2v) is 5.43. The maximum absolute atomic E-state index is 12.7. The molecule has 0 heterocycles. The highest BCUT2D eigenvalue weighted by atomic mass is 19.1. The second kappa shape index (κ2) is 7.38. The predicted octanol–water partition coefficient (Wildman–Crippen LogP) is 0.809. The highest BCUT2D eigenvalue weighted by Crippen LogP contribution is 2.23. The number of nitrogens with two attached hydrogens (primary N) is 1. The Morgan fingerprint density at radius 3 is 2.76 bits per heavy atom. The van der Waals surface area contributed by atoms with Gasteiger partial charge in [-0.15, -0.1) is 0 Å². The highest BCUT2D eigenvalue weighted by Gasteiger charge is 2.27. The van der Waals surface area contributed by atoms with Crippen molar-refractivity contribution in [1.29, 1.82) is 0 Å². The standard InChI is InChI=1S/C15H21FN2O3/c16-11-2-5-14(6-3-11)21-9-13(19)8-18-15(20)10-1-4-12(17)7-10/h2-3,5-6,10,12-13,19H,1,4,7-9,17H2,(H,18,20). The normalized spacial score (nSPS) is 22.8. The number of aliphatic hydroxyl groups excluding tert-OH is 1. The summed E-state index contributed by atoms with van der Waals surface area (Å²) in [4.78, 5) is 11.8. The molecule has 0 aromatic heterocycles. The molecule has 5 nitrogen and oxygen atoms in total. The third-order valence-electron chi connectivity index (χ3n) is 3.61. The molecule has 0 saturated heterocycles. The van der Waals surface area contributed by atoms with E-state index in [0.29, 0.717) is 12.2 Å². The average Bonchev–Trinajstić information content (AvgIpc) is 2.91. The van der Waals surface area contributed by atoms with Gasteiger partial charge in [-0.2, -0.15) is 0 Å². The first-order valence-electron chi connectivity index (χ1n) is 7.14. The van der Waals surface area contributed by atoms with Crippen LogP contribution in [-0.4, -0.2) is 36.3 Å². The molecule has 1 aromatic carbocycles. The summed E-state index contributed by atoms with van der Waals surface area (Å²) in [5.74, 6) is 0.0162. The van der Waals surface area contributed by atoms with E-state index in [2.05, 4.69) is 5.32 Å². The molecule has 1 aliphatic rings. The Morgan fingerprint density at radius 1 is 1.43 bits per heavy atom. The van der Waals surface area contributed by atoms with Gasteiger partial charge < -0.3 is 20.9 Å². The van der Waals surface area contributed by atoms with Gasteiger partial charge in [0.25, 0.3) is 0 Å². The molecular formula is C15H21FN2O3. The molecule has 2 rings (SSSR count). The predicted molar refractivity (Wildman–Crippen MR) is 76.2 cm³/mol. The summed E-state index contributed by atoms with van der Waals surface area (Å²) >= 11 is 0. The molecule has 1 saturated carbocycles. The van der Waals surface area contributed by atoms with Gasteiger partial charge in [0, 0.05) is 18.5 Å². The number of benzene rings is 1. The topological polar surface area (TPSA) is 84.6 Å². The summed E-state index contributed by atoms with van der Waals surface area (Å²) in [7, 11) is 0. The maximum Gasteiger partial charge on any atom is 0.223 e. The third kappa shape index (κ3) is 4.99. The largest absolute Gasteiger partial charge is 0.491 e. The molecule has 6 heteroatoms. The molecule has 3 atom stereocenters. The van der Waals surface area contributed by atoms with Crippen LogP contribution in [0.2, 0.25) is 0 Å². The average molecular weight is 296 g/mol. The van der Waals surface area contributed by atoms with E-state index < -0.39 is 6.10 Å². The van der Waals surface area contributed by atoms with Crippen molar-refractivity contribution >= 4 is 5.91 Å². The zero-order chi connectivity index (χ0) is 15.2. The van der Waals surface area contributed by atoms with E-state index in [1.54, 1.807) is 0 Å². The summed E-state index contributed by atoms with van der Waals surface area (Å²) < 4.78 is 18.0. The third-order valence-corrected chi connectivity index (χ3v) is 3.61. The van der Waals surface area contributed by atoms with Crippen molar-refractivity contribution in [3.63, 3.8) is 0 Å². The Balaban J connectivity index is 1.66. The summed E-state index contributed by atoms with van der Waals surface area (Å²) in [6.45, 7) is 0.169. The van der Waals surface area contributed by atoms with Gasteiger partial charge in [-0.25, -0.2) is 4.39 Å².